The molecule has 172 valence electrons. The maximum Gasteiger partial charge on any atom is 0.252 e. The minimum atomic E-state index is -3.76. The van der Waals surface area contributed by atoms with Gasteiger partial charge in [-0.3, -0.25) is 4.79 Å². The number of methoxy groups -OCH3 is 1. The normalized spacial score (nSPS) is 15.2. The van der Waals surface area contributed by atoms with Crippen LogP contribution in [0, 0.1) is 0 Å². The van der Waals surface area contributed by atoms with Gasteiger partial charge in [-0.05, 0) is 54.3 Å². The second-order valence-electron chi connectivity index (χ2n) is 7.85. The van der Waals surface area contributed by atoms with Crippen LogP contribution in [0.15, 0.2) is 77.7 Å². The topological polar surface area (TPSA) is 75.7 Å². The molecule has 3 aromatic carbocycles. The summed E-state index contributed by atoms with van der Waals surface area (Å²) < 4.78 is 32.8. The van der Waals surface area contributed by atoms with Gasteiger partial charge in [0.25, 0.3) is 5.91 Å². The van der Waals surface area contributed by atoms with Crippen molar-refractivity contribution in [3.63, 3.8) is 0 Å². The molecular weight excluding hydrogens is 460 g/mol. The van der Waals surface area contributed by atoms with Crippen LogP contribution < -0.4 is 10.1 Å². The van der Waals surface area contributed by atoms with Gasteiger partial charge in [0.1, 0.15) is 10.6 Å². The fourth-order valence-corrected chi connectivity index (χ4v) is 5.94. The van der Waals surface area contributed by atoms with Crippen LogP contribution in [0.25, 0.3) is 0 Å². The van der Waals surface area contributed by atoms with E-state index in [0.717, 1.165) is 24.0 Å². The summed E-state index contributed by atoms with van der Waals surface area (Å²) in [6.45, 7) is 0.922. The van der Waals surface area contributed by atoms with Crippen molar-refractivity contribution in [3.8, 4) is 5.75 Å². The molecule has 1 aliphatic heterocycles. The van der Waals surface area contributed by atoms with Crippen molar-refractivity contribution in [2.75, 3.05) is 20.2 Å². The van der Waals surface area contributed by atoms with E-state index in [1.807, 2.05) is 54.6 Å². The van der Waals surface area contributed by atoms with Gasteiger partial charge in [0, 0.05) is 18.7 Å². The standard InChI is InChI=1S/C25H25ClN2O4S/c1-32-21-12-9-19(10-13-21)24(18-7-3-2-4-8-18)27-25(29)20-11-14-22(26)23(17-20)33(30,31)28-15-5-6-16-28/h2-4,7-14,17,24H,5-6,15-16H2,1H3,(H,27,29). The molecule has 0 spiro atoms. The number of rotatable bonds is 7. The first-order valence-corrected chi connectivity index (χ1v) is 12.5. The number of nitrogens with one attached hydrogen (secondary N) is 1. The summed E-state index contributed by atoms with van der Waals surface area (Å²) in [7, 11) is -2.16. The minimum Gasteiger partial charge on any atom is -0.497 e. The molecule has 0 bridgehead atoms. The van der Waals surface area contributed by atoms with Crippen LogP contribution in [-0.2, 0) is 10.0 Å². The van der Waals surface area contributed by atoms with Gasteiger partial charge < -0.3 is 10.1 Å². The Bertz CT molecular complexity index is 1230. The van der Waals surface area contributed by atoms with Gasteiger partial charge in [0.15, 0.2) is 0 Å². The number of ether oxygens (including phenoxy) is 1. The van der Waals surface area contributed by atoms with Crippen molar-refractivity contribution >= 4 is 27.5 Å². The molecule has 1 aliphatic rings. The Labute approximate surface area is 199 Å². The number of amides is 1. The summed E-state index contributed by atoms with van der Waals surface area (Å²) in [5, 5.41) is 3.14. The fraction of sp³-hybridized carbons (Fsp3) is 0.240. The summed E-state index contributed by atoms with van der Waals surface area (Å²) in [5.74, 6) is 0.320. The Kier molecular flexibility index (Phi) is 7.02. The van der Waals surface area contributed by atoms with E-state index in [4.69, 9.17) is 16.3 Å². The maximum atomic E-state index is 13.2. The van der Waals surface area contributed by atoms with E-state index < -0.39 is 22.0 Å². The van der Waals surface area contributed by atoms with Crippen LogP contribution in [0.3, 0.4) is 0 Å². The number of benzene rings is 3. The zero-order valence-electron chi connectivity index (χ0n) is 18.2. The van der Waals surface area contributed by atoms with E-state index in [0.29, 0.717) is 18.8 Å². The zero-order chi connectivity index (χ0) is 23.4. The Morgan fingerprint density at radius 1 is 0.970 bits per heavy atom. The number of sulfonamides is 1. The molecule has 1 unspecified atom stereocenters. The highest BCUT2D eigenvalue weighted by Gasteiger charge is 2.30. The third kappa shape index (κ3) is 5.05. The SMILES string of the molecule is COc1ccc(C(NC(=O)c2ccc(Cl)c(S(=O)(=O)N3CCCC3)c2)c2ccccc2)cc1. The van der Waals surface area contributed by atoms with Crippen LogP contribution in [0.4, 0.5) is 0 Å². The van der Waals surface area contributed by atoms with Gasteiger partial charge in [-0.1, -0.05) is 54.1 Å². The molecule has 1 heterocycles. The predicted octanol–water partition coefficient (Wildman–Crippen LogP) is 4.65. The lowest BCUT2D eigenvalue weighted by Gasteiger charge is -2.21. The lowest BCUT2D eigenvalue weighted by Crippen LogP contribution is -2.30. The van der Waals surface area contributed by atoms with Crippen LogP contribution in [0.1, 0.15) is 40.4 Å². The van der Waals surface area contributed by atoms with Crippen LogP contribution in [0.5, 0.6) is 5.75 Å². The molecular formula is C25H25ClN2O4S. The van der Waals surface area contributed by atoms with Gasteiger partial charge in [0.05, 0.1) is 18.2 Å². The lowest BCUT2D eigenvalue weighted by molar-refractivity contribution is 0.0942. The number of halogens is 1. The van der Waals surface area contributed by atoms with Crippen molar-refractivity contribution in [2.24, 2.45) is 0 Å². The van der Waals surface area contributed by atoms with Crippen molar-refractivity contribution in [3.05, 3.63) is 94.5 Å². The molecule has 6 nitrogen and oxygen atoms in total. The smallest absolute Gasteiger partial charge is 0.252 e. The van der Waals surface area contributed by atoms with E-state index in [-0.39, 0.29) is 15.5 Å². The average Bonchev–Trinajstić information content (AvgIpc) is 3.39. The highest BCUT2D eigenvalue weighted by molar-refractivity contribution is 7.89. The molecule has 1 fully saturated rings. The first-order valence-electron chi connectivity index (χ1n) is 10.7. The van der Waals surface area contributed by atoms with Crippen molar-refractivity contribution < 1.29 is 17.9 Å². The fourth-order valence-electron chi connectivity index (χ4n) is 3.93. The van der Waals surface area contributed by atoms with Crippen LogP contribution >= 0.6 is 11.6 Å². The van der Waals surface area contributed by atoms with Crippen LogP contribution in [-0.4, -0.2) is 38.8 Å². The number of hydrogen-bond acceptors (Lipinski definition) is 4. The Balaban J connectivity index is 1.65. The van der Waals surface area contributed by atoms with Crippen molar-refractivity contribution in [1.29, 1.82) is 0 Å². The van der Waals surface area contributed by atoms with E-state index in [1.165, 1.54) is 22.5 Å². The molecule has 8 heteroatoms. The molecule has 0 radical (unpaired) electrons. The third-order valence-corrected chi connectivity index (χ3v) is 8.11. The number of hydrogen-bond donors (Lipinski definition) is 1. The molecule has 4 rings (SSSR count). The summed E-state index contributed by atoms with van der Waals surface area (Å²) >= 11 is 6.24. The number of carbonyl (C=O) groups excluding carboxylic acids is 1. The Hall–Kier alpha value is -2.87. The van der Waals surface area contributed by atoms with Gasteiger partial charge >= 0.3 is 0 Å². The molecule has 0 saturated carbocycles. The van der Waals surface area contributed by atoms with Crippen molar-refractivity contribution in [1.82, 2.24) is 9.62 Å². The molecule has 1 atom stereocenters. The largest absolute Gasteiger partial charge is 0.497 e. The predicted molar refractivity (Wildman–Crippen MR) is 128 cm³/mol. The number of nitrogens with zero attached hydrogens (tertiary/aromatic N) is 1. The second-order valence-corrected chi connectivity index (χ2v) is 10.2. The van der Waals surface area contributed by atoms with E-state index >= 15 is 0 Å². The van der Waals surface area contributed by atoms with Gasteiger partial charge in [-0.25, -0.2) is 8.42 Å². The summed E-state index contributed by atoms with van der Waals surface area (Å²) in [5.41, 5.74) is 2.00. The molecule has 3 aromatic rings. The molecule has 33 heavy (non-hydrogen) atoms. The quantitative estimate of drug-likeness (QED) is 0.529. The molecule has 1 N–H and O–H groups in total. The minimum absolute atomic E-state index is 0.0422. The molecule has 0 aromatic heterocycles. The van der Waals surface area contributed by atoms with Gasteiger partial charge in [-0.15, -0.1) is 0 Å². The lowest BCUT2D eigenvalue weighted by atomic mass is 9.98. The van der Waals surface area contributed by atoms with Gasteiger partial charge in [0.2, 0.25) is 10.0 Å². The maximum absolute atomic E-state index is 13.2. The van der Waals surface area contributed by atoms with Crippen molar-refractivity contribution in [2.45, 2.75) is 23.8 Å². The first kappa shape index (κ1) is 23.3. The monoisotopic (exact) mass is 484 g/mol. The molecule has 0 aliphatic carbocycles. The van der Waals surface area contributed by atoms with E-state index in [1.54, 1.807) is 7.11 Å². The Morgan fingerprint density at radius 2 is 1.61 bits per heavy atom. The zero-order valence-corrected chi connectivity index (χ0v) is 19.8. The summed E-state index contributed by atoms with van der Waals surface area (Å²) in [4.78, 5) is 13.2. The second kappa shape index (κ2) is 9.95. The Morgan fingerprint density at radius 3 is 2.24 bits per heavy atom. The summed E-state index contributed by atoms with van der Waals surface area (Å²) in [6, 6.07) is 21.0. The third-order valence-electron chi connectivity index (χ3n) is 5.73. The van der Waals surface area contributed by atoms with Gasteiger partial charge in [-0.2, -0.15) is 4.31 Å². The summed E-state index contributed by atoms with van der Waals surface area (Å²) in [6.07, 6.45) is 1.63. The molecule has 1 saturated heterocycles. The van der Waals surface area contributed by atoms with E-state index in [2.05, 4.69) is 5.32 Å². The highest BCUT2D eigenvalue weighted by atomic mass is 35.5. The molecule has 1 amide bonds. The highest BCUT2D eigenvalue weighted by Crippen LogP contribution is 2.29. The first-order chi connectivity index (χ1) is 15.9. The average molecular weight is 485 g/mol. The number of carbonyl (C=O) groups is 1. The van der Waals surface area contributed by atoms with Crippen LogP contribution in [0.2, 0.25) is 5.02 Å². The van der Waals surface area contributed by atoms with E-state index in [9.17, 15) is 13.2 Å².